The summed E-state index contributed by atoms with van der Waals surface area (Å²) in [4.78, 5) is 21.7. The quantitative estimate of drug-likeness (QED) is 0.345. The van der Waals surface area contributed by atoms with Gasteiger partial charge in [-0.2, -0.15) is 0 Å². The fourth-order valence-electron chi connectivity index (χ4n) is 1.25. The Labute approximate surface area is 97.7 Å². The fraction of sp³-hybridized carbons (Fsp3) is 0.273. The minimum Gasteiger partial charge on any atom is -0.477 e. The first-order chi connectivity index (χ1) is 8.12. The first-order valence-electron chi connectivity index (χ1n) is 5.04. The molecule has 0 aliphatic rings. The van der Waals surface area contributed by atoms with Crippen molar-refractivity contribution in [2.75, 3.05) is 0 Å². The van der Waals surface area contributed by atoms with Crippen LogP contribution in [0.4, 0.5) is 4.39 Å². The standard InChI is InChI=1S/C11H13FN2O3/c1-2-9(11(16)14-13)17-10-4-3-7(6-15)5-8(10)12/h3-6,9H,2,13H2,1H3,(H,14,16). The third kappa shape index (κ3) is 3.25. The third-order valence-electron chi connectivity index (χ3n) is 2.17. The maximum Gasteiger partial charge on any atom is 0.274 e. The number of amides is 1. The molecule has 0 aromatic heterocycles. The lowest BCUT2D eigenvalue weighted by Gasteiger charge is -2.16. The summed E-state index contributed by atoms with van der Waals surface area (Å²) in [6.45, 7) is 1.71. The van der Waals surface area contributed by atoms with Gasteiger partial charge in [0.2, 0.25) is 0 Å². The number of hydrogen-bond donors (Lipinski definition) is 2. The Balaban J connectivity index is 2.86. The van der Waals surface area contributed by atoms with Gasteiger partial charge in [0.25, 0.3) is 5.91 Å². The van der Waals surface area contributed by atoms with Crippen LogP contribution >= 0.6 is 0 Å². The number of nitrogens with two attached hydrogens (primary N) is 1. The number of hydrogen-bond acceptors (Lipinski definition) is 4. The number of aldehydes is 1. The molecular weight excluding hydrogens is 227 g/mol. The summed E-state index contributed by atoms with van der Waals surface area (Å²) in [5.41, 5.74) is 2.14. The molecule has 0 bridgehead atoms. The zero-order valence-corrected chi connectivity index (χ0v) is 9.27. The Morgan fingerprint density at radius 2 is 2.35 bits per heavy atom. The molecule has 0 saturated heterocycles. The highest BCUT2D eigenvalue weighted by molar-refractivity contribution is 5.80. The van der Waals surface area contributed by atoms with Crippen LogP contribution in [0.25, 0.3) is 0 Å². The molecule has 0 fully saturated rings. The summed E-state index contributed by atoms with van der Waals surface area (Å²) in [6, 6.07) is 3.74. The highest BCUT2D eigenvalue weighted by Gasteiger charge is 2.18. The average molecular weight is 240 g/mol. The van der Waals surface area contributed by atoms with Crippen molar-refractivity contribution in [3.05, 3.63) is 29.6 Å². The smallest absolute Gasteiger partial charge is 0.274 e. The monoisotopic (exact) mass is 240 g/mol. The SMILES string of the molecule is CCC(Oc1ccc(C=O)cc1F)C(=O)NN. The number of hydrazine groups is 1. The molecule has 17 heavy (non-hydrogen) atoms. The summed E-state index contributed by atoms with van der Waals surface area (Å²) >= 11 is 0. The molecule has 0 saturated carbocycles. The Morgan fingerprint density at radius 3 is 2.82 bits per heavy atom. The van der Waals surface area contributed by atoms with Gasteiger partial charge < -0.3 is 4.74 Å². The minimum absolute atomic E-state index is 0.0916. The summed E-state index contributed by atoms with van der Waals surface area (Å²) in [5, 5.41) is 0. The second kappa shape index (κ2) is 5.95. The Kier molecular flexibility index (Phi) is 4.59. The number of benzene rings is 1. The summed E-state index contributed by atoms with van der Waals surface area (Å²) < 4.78 is 18.6. The minimum atomic E-state index is -0.864. The number of carbonyl (C=O) groups excluding carboxylic acids is 2. The lowest BCUT2D eigenvalue weighted by molar-refractivity contribution is -0.128. The van der Waals surface area contributed by atoms with E-state index in [1.54, 1.807) is 6.92 Å². The molecule has 1 atom stereocenters. The van der Waals surface area contributed by atoms with E-state index in [9.17, 15) is 14.0 Å². The van der Waals surface area contributed by atoms with Crippen LogP contribution in [-0.2, 0) is 4.79 Å². The molecule has 3 N–H and O–H groups in total. The normalized spacial score (nSPS) is 11.7. The fourth-order valence-corrected chi connectivity index (χ4v) is 1.25. The van der Waals surface area contributed by atoms with Crippen molar-refractivity contribution in [3.63, 3.8) is 0 Å². The largest absolute Gasteiger partial charge is 0.477 e. The molecule has 0 radical (unpaired) electrons. The number of rotatable bonds is 5. The van der Waals surface area contributed by atoms with Gasteiger partial charge in [-0.15, -0.1) is 0 Å². The van der Waals surface area contributed by atoms with E-state index in [4.69, 9.17) is 10.6 Å². The van der Waals surface area contributed by atoms with Crippen molar-refractivity contribution in [2.45, 2.75) is 19.4 Å². The van der Waals surface area contributed by atoms with Crippen LogP contribution in [0.5, 0.6) is 5.75 Å². The molecule has 1 amide bonds. The number of nitrogens with one attached hydrogen (secondary N) is 1. The lowest BCUT2D eigenvalue weighted by Crippen LogP contribution is -2.41. The third-order valence-corrected chi connectivity index (χ3v) is 2.17. The van der Waals surface area contributed by atoms with Crippen LogP contribution in [0, 0.1) is 5.82 Å². The molecule has 1 unspecified atom stereocenters. The molecule has 1 aromatic carbocycles. The topological polar surface area (TPSA) is 81.4 Å². The van der Waals surface area contributed by atoms with Crippen LogP contribution in [0.15, 0.2) is 18.2 Å². The zero-order chi connectivity index (χ0) is 12.8. The molecule has 6 heteroatoms. The second-order valence-electron chi connectivity index (χ2n) is 3.33. The van der Waals surface area contributed by atoms with E-state index >= 15 is 0 Å². The van der Waals surface area contributed by atoms with Crippen LogP contribution in [0.1, 0.15) is 23.7 Å². The van der Waals surface area contributed by atoms with Crippen LogP contribution in [0.3, 0.4) is 0 Å². The van der Waals surface area contributed by atoms with E-state index in [0.29, 0.717) is 12.7 Å². The van der Waals surface area contributed by atoms with E-state index in [0.717, 1.165) is 6.07 Å². The van der Waals surface area contributed by atoms with Crippen molar-refractivity contribution in [1.82, 2.24) is 5.43 Å². The van der Waals surface area contributed by atoms with Crippen LogP contribution < -0.4 is 16.0 Å². The van der Waals surface area contributed by atoms with Crippen molar-refractivity contribution < 1.29 is 18.7 Å². The lowest BCUT2D eigenvalue weighted by atomic mass is 10.2. The molecule has 0 spiro atoms. The zero-order valence-electron chi connectivity index (χ0n) is 9.27. The van der Waals surface area contributed by atoms with E-state index in [2.05, 4.69) is 0 Å². The average Bonchev–Trinajstić information content (AvgIpc) is 2.36. The summed E-state index contributed by atoms with van der Waals surface area (Å²) in [7, 11) is 0. The van der Waals surface area contributed by atoms with E-state index < -0.39 is 17.8 Å². The highest BCUT2D eigenvalue weighted by Crippen LogP contribution is 2.19. The Bertz CT molecular complexity index is 423. The van der Waals surface area contributed by atoms with Gasteiger partial charge in [0.05, 0.1) is 0 Å². The number of carbonyl (C=O) groups is 2. The van der Waals surface area contributed by atoms with Gasteiger partial charge in [-0.1, -0.05) is 6.92 Å². The maximum atomic E-state index is 13.5. The number of ether oxygens (including phenoxy) is 1. The second-order valence-corrected chi connectivity index (χ2v) is 3.33. The van der Waals surface area contributed by atoms with Crippen molar-refractivity contribution in [3.8, 4) is 5.75 Å². The molecular formula is C11H13FN2O3. The molecule has 5 nitrogen and oxygen atoms in total. The highest BCUT2D eigenvalue weighted by atomic mass is 19.1. The van der Waals surface area contributed by atoms with E-state index in [-0.39, 0.29) is 11.3 Å². The van der Waals surface area contributed by atoms with Gasteiger partial charge in [-0.3, -0.25) is 15.0 Å². The van der Waals surface area contributed by atoms with Gasteiger partial charge in [0.1, 0.15) is 6.29 Å². The first-order valence-corrected chi connectivity index (χ1v) is 5.04. The van der Waals surface area contributed by atoms with Gasteiger partial charge in [-0.05, 0) is 24.6 Å². The van der Waals surface area contributed by atoms with Crippen LogP contribution in [0.2, 0.25) is 0 Å². The van der Waals surface area contributed by atoms with E-state index in [1.165, 1.54) is 12.1 Å². The van der Waals surface area contributed by atoms with E-state index in [1.807, 2.05) is 5.43 Å². The predicted octanol–water partition coefficient (Wildman–Crippen LogP) is 0.786. The molecule has 0 aliphatic heterocycles. The summed E-state index contributed by atoms with van der Waals surface area (Å²) in [6.07, 6.45) is 0.00543. The first kappa shape index (κ1) is 13.1. The van der Waals surface area contributed by atoms with Gasteiger partial charge in [0.15, 0.2) is 17.7 Å². The van der Waals surface area contributed by atoms with Gasteiger partial charge in [0, 0.05) is 5.56 Å². The Morgan fingerprint density at radius 1 is 1.65 bits per heavy atom. The van der Waals surface area contributed by atoms with Crippen molar-refractivity contribution >= 4 is 12.2 Å². The van der Waals surface area contributed by atoms with Crippen molar-refractivity contribution in [2.24, 2.45) is 5.84 Å². The van der Waals surface area contributed by atoms with Gasteiger partial charge >= 0.3 is 0 Å². The van der Waals surface area contributed by atoms with Crippen LogP contribution in [-0.4, -0.2) is 18.3 Å². The van der Waals surface area contributed by atoms with Gasteiger partial charge in [-0.25, -0.2) is 10.2 Å². The Hall–Kier alpha value is -1.95. The molecule has 0 heterocycles. The predicted molar refractivity (Wildman–Crippen MR) is 58.8 cm³/mol. The molecule has 1 rings (SSSR count). The molecule has 1 aromatic rings. The maximum absolute atomic E-state index is 13.5. The summed E-state index contributed by atoms with van der Waals surface area (Å²) in [5.74, 6) is 3.64. The molecule has 0 aliphatic carbocycles. The molecule has 92 valence electrons. The number of halogens is 1. The van der Waals surface area contributed by atoms with Crippen molar-refractivity contribution in [1.29, 1.82) is 0 Å².